The summed E-state index contributed by atoms with van der Waals surface area (Å²) in [5.41, 5.74) is -0.0733. The summed E-state index contributed by atoms with van der Waals surface area (Å²) in [6.45, 7) is 0.234. The Hall–Kier alpha value is -2.90. The maximum Gasteiger partial charge on any atom is 0.416 e. The molecule has 0 atom stereocenters. The molecule has 24 heavy (non-hydrogen) atoms. The first kappa shape index (κ1) is 17.5. The fraction of sp³-hybridized carbons (Fsp3) is 0.188. The number of hydrogen-bond donors (Lipinski definition) is 2. The zero-order valence-corrected chi connectivity index (χ0v) is 12.4. The van der Waals surface area contributed by atoms with Crippen molar-refractivity contribution in [3.05, 3.63) is 59.9 Å². The van der Waals surface area contributed by atoms with Gasteiger partial charge in [-0.1, -0.05) is 6.07 Å². The van der Waals surface area contributed by atoms with Gasteiger partial charge >= 0.3 is 6.18 Å². The number of aromatic nitrogens is 1. The quantitative estimate of drug-likeness (QED) is 0.824. The first-order chi connectivity index (χ1) is 11.3. The molecular weight excluding hydrogens is 323 g/mol. The number of anilines is 1. The Labute approximate surface area is 135 Å². The number of halogens is 3. The second-order valence-corrected chi connectivity index (χ2v) is 4.94. The van der Waals surface area contributed by atoms with Gasteiger partial charge in [0.05, 0.1) is 5.56 Å². The molecule has 5 nitrogen and oxygen atoms in total. The second-order valence-electron chi connectivity index (χ2n) is 4.94. The highest BCUT2D eigenvalue weighted by molar-refractivity contribution is 6.03. The van der Waals surface area contributed by atoms with Gasteiger partial charge in [-0.2, -0.15) is 13.2 Å². The summed E-state index contributed by atoms with van der Waals surface area (Å²) < 4.78 is 37.8. The van der Waals surface area contributed by atoms with Crippen molar-refractivity contribution in [2.75, 3.05) is 5.32 Å². The van der Waals surface area contributed by atoms with Gasteiger partial charge in [0.25, 0.3) is 0 Å². The van der Waals surface area contributed by atoms with Crippen LogP contribution < -0.4 is 10.6 Å². The van der Waals surface area contributed by atoms with Gasteiger partial charge in [0, 0.05) is 24.6 Å². The van der Waals surface area contributed by atoms with Crippen molar-refractivity contribution in [1.29, 1.82) is 0 Å². The fourth-order valence-corrected chi connectivity index (χ4v) is 1.89. The lowest BCUT2D eigenvalue weighted by molar-refractivity contribution is -0.137. The first-order valence-corrected chi connectivity index (χ1v) is 6.97. The van der Waals surface area contributed by atoms with Gasteiger partial charge in [0.2, 0.25) is 11.8 Å². The Balaban J connectivity index is 1.85. The van der Waals surface area contributed by atoms with E-state index in [-0.39, 0.29) is 12.2 Å². The minimum absolute atomic E-state index is 0.0169. The Morgan fingerprint density at radius 3 is 2.42 bits per heavy atom. The number of alkyl halides is 3. The van der Waals surface area contributed by atoms with Crippen LogP contribution >= 0.6 is 0 Å². The predicted molar refractivity (Wildman–Crippen MR) is 80.8 cm³/mol. The van der Waals surface area contributed by atoms with Crippen molar-refractivity contribution in [3.8, 4) is 0 Å². The number of pyridine rings is 1. The second kappa shape index (κ2) is 7.58. The summed E-state index contributed by atoms with van der Waals surface area (Å²) in [5.74, 6) is -1.22. The molecular formula is C16H14F3N3O2. The molecule has 2 amide bonds. The number of nitrogens with one attached hydrogen (secondary N) is 2. The molecule has 0 fully saturated rings. The zero-order valence-electron chi connectivity index (χ0n) is 12.4. The number of carbonyl (C=O) groups is 2. The van der Waals surface area contributed by atoms with Crippen LogP contribution in [0.2, 0.25) is 0 Å². The van der Waals surface area contributed by atoms with Gasteiger partial charge in [-0.25, -0.2) is 0 Å². The van der Waals surface area contributed by atoms with E-state index < -0.39 is 30.0 Å². The zero-order chi connectivity index (χ0) is 17.6. The van der Waals surface area contributed by atoms with E-state index in [4.69, 9.17) is 0 Å². The summed E-state index contributed by atoms with van der Waals surface area (Å²) in [5, 5.41) is 4.82. The van der Waals surface area contributed by atoms with E-state index in [1.807, 2.05) is 0 Å². The maximum absolute atomic E-state index is 12.6. The third-order valence-corrected chi connectivity index (χ3v) is 3.03. The van der Waals surface area contributed by atoms with Crippen molar-refractivity contribution < 1.29 is 22.8 Å². The molecule has 126 valence electrons. The summed E-state index contributed by atoms with van der Waals surface area (Å²) in [4.78, 5) is 27.2. The Bertz CT molecular complexity index is 718. The van der Waals surface area contributed by atoms with Crippen LogP contribution in [0.3, 0.4) is 0 Å². The third-order valence-electron chi connectivity index (χ3n) is 3.03. The molecule has 1 heterocycles. The first-order valence-electron chi connectivity index (χ1n) is 6.97. The van der Waals surface area contributed by atoms with Crippen LogP contribution in [0.4, 0.5) is 18.9 Å². The van der Waals surface area contributed by atoms with Gasteiger partial charge < -0.3 is 10.6 Å². The van der Waals surface area contributed by atoms with Gasteiger partial charge in [0.1, 0.15) is 6.42 Å². The molecule has 2 aromatic rings. The minimum Gasteiger partial charge on any atom is -0.352 e. The summed E-state index contributed by atoms with van der Waals surface area (Å²) >= 11 is 0. The van der Waals surface area contributed by atoms with Gasteiger partial charge in [0.15, 0.2) is 0 Å². The van der Waals surface area contributed by atoms with Crippen LogP contribution in [0.15, 0.2) is 48.8 Å². The van der Waals surface area contributed by atoms with Crippen molar-refractivity contribution in [2.45, 2.75) is 19.1 Å². The molecule has 8 heteroatoms. The van der Waals surface area contributed by atoms with E-state index in [1.165, 1.54) is 12.1 Å². The van der Waals surface area contributed by atoms with Crippen molar-refractivity contribution in [3.63, 3.8) is 0 Å². The molecule has 0 saturated carbocycles. The smallest absolute Gasteiger partial charge is 0.352 e. The predicted octanol–water partition coefficient (Wildman–Crippen LogP) is 2.75. The summed E-state index contributed by atoms with van der Waals surface area (Å²) in [6.07, 6.45) is -1.84. The van der Waals surface area contributed by atoms with Crippen LogP contribution in [0, 0.1) is 0 Å². The van der Waals surface area contributed by atoms with Gasteiger partial charge in [-0.3, -0.25) is 14.6 Å². The number of nitrogens with zero attached hydrogens (tertiary/aromatic N) is 1. The number of carbonyl (C=O) groups excluding carboxylic acids is 2. The highest BCUT2D eigenvalue weighted by Gasteiger charge is 2.30. The van der Waals surface area contributed by atoms with Crippen LogP contribution in [0.1, 0.15) is 17.5 Å². The van der Waals surface area contributed by atoms with Crippen molar-refractivity contribution in [2.24, 2.45) is 0 Å². The van der Waals surface area contributed by atoms with Crippen molar-refractivity contribution in [1.82, 2.24) is 10.3 Å². The van der Waals surface area contributed by atoms with Gasteiger partial charge in [-0.05, 0) is 35.9 Å². The van der Waals surface area contributed by atoms with E-state index >= 15 is 0 Å². The van der Waals surface area contributed by atoms with E-state index in [2.05, 4.69) is 15.6 Å². The average Bonchev–Trinajstić information content (AvgIpc) is 2.53. The maximum atomic E-state index is 12.6. The SMILES string of the molecule is O=C(CC(=O)Nc1cccc(C(F)(F)F)c1)NCc1ccncc1. The molecule has 1 aromatic carbocycles. The topological polar surface area (TPSA) is 71.1 Å². The Morgan fingerprint density at radius 2 is 1.75 bits per heavy atom. The molecule has 2 rings (SSSR count). The van der Waals surface area contributed by atoms with Gasteiger partial charge in [-0.15, -0.1) is 0 Å². The number of hydrogen-bond acceptors (Lipinski definition) is 3. The lowest BCUT2D eigenvalue weighted by atomic mass is 10.2. The van der Waals surface area contributed by atoms with Crippen LogP contribution in [0.5, 0.6) is 0 Å². The highest BCUT2D eigenvalue weighted by Crippen LogP contribution is 2.30. The average molecular weight is 337 g/mol. The molecule has 0 saturated heterocycles. The molecule has 2 N–H and O–H groups in total. The molecule has 0 spiro atoms. The largest absolute Gasteiger partial charge is 0.416 e. The summed E-state index contributed by atoms with van der Waals surface area (Å²) in [6, 6.07) is 7.64. The van der Waals surface area contributed by atoms with E-state index in [0.717, 1.165) is 17.7 Å². The van der Waals surface area contributed by atoms with Crippen molar-refractivity contribution >= 4 is 17.5 Å². The molecule has 0 bridgehead atoms. The number of amides is 2. The summed E-state index contributed by atoms with van der Waals surface area (Å²) in [7, 11) is 0. The standard InChI is InChI=1S/C16H14F3N3O2/c17-16(18,19)12-2-1-3-13(8-12)22-15(24)9-14(23)21-10-11-4-6-20-7-5-11/h1-8H,9-10H2,(H,21,23)(H,22,24). The monoisotopic (exact) mass is 337 g/mol. The molecule has 0 aliphatic heterocycles. The molecule has 0 aliphatic carbocycles. The van der Waals surface area contributed by atoms with E-state index in [1.54, 1.807) is 24.5 Å². The van der Waals surface area contributed by atoms with Crippen LogP contribution in [-0.4, -0.2) is 16.8 Å². The molecule has 0 unspecified atom stereocenters. The van der Waals surface area contributed by atoms with E-state index in [9.17, 15) is 22.8 Å². The minimum atomic E-state index is -4.50. The molecule has 0 aliphatic rings. The molecule has 1 aromatic heterocycles. The van der Waals surface area contributed by atoms with Crippen LogP contribution in [0.25, 0.3) is 0 Å². The Morgan fingerprint density at radius 1 is 1.04 bits per heavy atom. The normalized spacial score (nSPS) is 11.0. The highest BCUT2D eigenvalue weighted by atomic mass is 19.4. The van der Waals surface area contributed by atoms with E-state index in [0.29, 0.717) is 0 Å². The number of benzene rings is 1. The Kier molecular flexibility index (Phi) is 5.51. The number of rotatable bonds is 5. The lowest BCUT2D eigenvalue weighted by Gasteiger charge is -2.10. The molecule has 0 radical (unpaired) electrons. The third kappa shape index (κ3) is 5.38. The van der Waals surface area contributed by atoms with Crippen LogP contribution in [-0.2, 0) is 22.3 Å². The lowest BCUT2D eigenvalue weighted by Crippen LogP contribution is -2.27. The fourth-order valence-electron chi connectivity index (χ4n) is 1.89.